The third kappa shape index (κ3) is 44.9. The number of carbonyl (C=O) groups is 1. The Bertz CT molecular complexity index is 1270. The highest BCUT2D eigenvalue weighted by molar-refractivity contribution is 5.76. The normalized spacial score (nSPS) is 19.1. The van der Waals surface area contributed by atoms with Crippen LogP contribution in [-0.4, -0.2) is 87.5 Å². The molecule has 0 aromatic carbocycles. The van der Waals surface area contributed by atoms with Crippen molar-refractivity contribution in [2.75, 3.05) is 13.2 Å². The summed E-state index contributed by atoms with van der Waals surface area (Å²) in [5.41, 5.74) is 0. The number of rotatable bonds is 57. The van der Waals surface area contributed by atoms with E-state index in [4.69, 9.17) is 9.47 Å². The van der Waals surface area contributed by atoms with Gasteiger partial charge < -0.3 is 40.3 Å². The van der Waals surface area contributed by atoms with Crippen LogP contribution in [0.4, 0.5) is 0 Å². The zero-order valence-corrected chi connectivity index (χ0v) is 49.3. The van der Waals surface area contributed by atoms with Gasteiger partial charge in [-0.05, 0) is 51.4 Å². The molecule has 0 aromatic rings. The van der Waals surface area contributed by atoms with Gasteiger partial charge >= 0.3 is 0 Å². The summed E-state index contributed by atoms with van der Waals surface area (Å²) in [5, 5.41) is 54.8. The average molecular weight is 1060 g/mol. The van der Waals surface area contributed by atoms with Gasteiger partial charge in [-0.2, -0.15) is 0 Å². The molecule has 1 amide bonds. The average Bonchev–Trinajstić information content (AvgIpc) is 3.41. The van der Waals surface area contributed by atoms with Crippen LogP contribution < -0.4 is 5.32 Å². The van der Waals surface area contributed by atoms with Crippen molar-refractivity contribution in [1.29, 1.82) is 0 Å². The molecule has 0 saturated carbocycles. The fourth-order valence-electron chi connectivity index (χ4n) is 10.6. The molecule has 1 fully saturated rings. The minimum Gasteiger partial charge on any atom is -0.394 e. The molecule has 9 heteroatoms. The van der Waals surface area contributed by atoms with Crippen LogP contribution in [0.25, 0.3) is 0 Å². The van der Waals surface area contributed by atoms with E-state index in [0.717, 1.165) is 64.2 Å². The van der Waals surface area contributed by atoms with E-state index in [1.807, 2.05) is 0 Å². The summed E-state index contributed by atoms with van der Waals surface area (Å²) in [5.74, 6) is -0.153. The van der Waals surface area contributed by atoms with E-state index in [9.17, 15) is 30.3 Å². The summed E-state index contributed by atoms with van der Waals surface area (Å²) in [6.07, 6.45) is 66.3. The fraction of sp³-hybridized carbons (Fsp3) is 0.894. The minimum absolute atomic E-state index is 0.142. The standard InChI is InChI=1S/C66H125NO8/c1-3-5-7-9-11-13-15-17-19-21-23-24-25-26-27-28-29-30-31-32-33-34-35-36-38-39-41-43-45-47-49-51-53-55-60(69)59(58-74-66-65(73)64(72)63(71)61(57-68)75-66)67-62(70)56-54-52-50-48-46-44-42-40-37-22-20-18-16-14-12-10-8-6-4-2/h12,14,18,20,37,40,59-61,63-66,68-69,71-73H,3-11,13,15-17,19,21-36,38-39,41-58H2,1-2H3,(H,67,70)/b14-12-,20-18-,40-37-. The predicted octanol–water partition coefficient (Wildman–Crippen LogP) is 17.1. The van der Waals surface area contributed by atoms with Crippen LogP contribution in [0, 0.1) is 0 Å². The van der Waals surface area contributed by atoms with Gasteiger partial charge in [-0.15, -0.1) is 0 Å². The van der Waals surface area contributed by atoms with Gasteiger partial charge in [0.15, 0.2) is 6.29 Å². The number of amides is 1. The maximum atomic E-state index is 13.1. The zero-order valence-electron chi connectivity index (χ0n) is 49.3. The number of hydrogen-bond acceptors (Lipinski definition) is 8. The van der Waals surface area contributed by atoms with E-state index in [-0.39, 0.29) is 12.5 Å². The van der Waals surface area contributed by atoms with E-state index in [1.54, 1.807) is 0 Å². The van der Waals surface area contributed by atoms with Gasteiger partial charge in [0.2, 0.25) is 5.91 Å². The van der Waals surface area contributed by atoms with Gasteiger partial charge in [0, 0.05) is 6.42 Å². The molecular formula is C66H125NO8. The molecule has 1 saturated heterocycles. The van der Waals surface area contributed by atoms with Crippen molar-refractivity contribution in [3.63, 3.8) is 0 Å². The number of ether oxygens (including phenoxy) is 2. The Labute approximate surface area is 463 Å². The molecule has 9 nitrogen and oxygen atoms in total. The minimum atomic E-state index is -1.56. The summed E-state index contributed by atoms with van der Waals surface area (Å²) < 4.78 is 11.3. The Balaban J connectivity index is 2.11. The Kier molecular flexibility index (Phi) is 53.1. The maximum absolute atomic E-state index is 13.1. The van der Waals surface area contributed by atoms with Crippen molar-refractivity contribution >= 4 is 5.91 Å². The van der Waals surface area contributed by atoms with Crippen LogP contribution in [0.1, 0.15) is 322 Å². The van der Waals surface area contributed by atoms with E-state index in [2.05, 4.69) is 55.6 Å². The third-order valence-corrected chi connectivity index (χ3v) is 15.7. The van der Waals surface area contributed by atoms with Gasteiger partial charge in [-0.3, -0.25) is 4.79 Å². The molecule has 1 rings (SSSR count). The molecule has 7 unspecified atom stereocenters. The molecule has 0 aliphatic carbocycles. The lowest BCUT2D eigenvalue weighted by Gasteiger charge is -2.40. The smallest absolute Gasteiger partial charge is 0.220 e. The lowest BCUT2D eigenvalue weighted by atomic mass is 9.99. The first kappa shape index (κ1) is 71.4. The van der Waals surface area contributed by atoms with Crippen LogP contribution in [0.2, 0.25) is 0 Å². The lowest BCUT2D eigenvalue weighted by Crippen LogP contribution is -2.60. The van der Waals surface area contributed by atoms with E-state index in [1.165, 1.54) is 231 Å². The van der Waals surface area contributed by atoms with Crippen molar-refractivity contribution in [3.05, 3.63) is 36.5 Å². The Morgan fingerprint density at radius 2 is 0.787 bits per heavy atom. The number of hydrogen-bond donors (Lipinski definition) is 6. The van der Waals surface area contributed by atoms with Gasteiger partial charge in [0.05, 0.1) is 25.4 Å². The maximum Gasteiger partial charge on any atom is 0.220 e. The van der Waals surface area contributed by atoms with Crippen molar-refractivity contribution in [3.8, 4) is 0 Å². The molecule has 0 radical (unpaired) electrons. The Hall–Kier alpha value is -1.59. The second-order valence-corrected chi connectivity index (χ2v) is 22.9. The fourth-order valence-corrected chi connectivity index (χ4v) is 10.6. The number of nitrogens with one attached hydrogen (secondary N) is 1. The van der Waals surface area contributed by atoms with Crippen LogP contribution in [-0.2, 0) is 14.3 Å². The first-order chi connectivity index (χ1) is 36.8. The van der Waals surface area contributed by atoms with Crippen molar-refractivity contribution in [1.82, 2.24) is 5.32 Å². The molecule has 0 aromatic heterocycles. The summed E-state index contributed by atoms with van der Waals surface area (Å²) in [7, 11) is 0. The molecule has 1 heterocycles. The van der Waals surface area contributed by atoms with Crippen molar-refractivity contribution in [2.24, 2.45) is 0 Å². The summed E-state index contributed by atoms with van der Waals surface area (Å²) in [6.45, 7) is 3.84. The van der Waals surface area contributed by atoms with E-state index in [0.29, 0.717) is 12.8 Å². The SMILES string of the molecule is CCCCC/C=C\C/C=C\C/C=C\CCCCCCCCC(=O)NC(COC1OC(CO)C(O)C(O)C1O)C(O)CCCCCCCCCCCCCCCCCCCCCCCCCCCCCCCCCCC. The highest BCUT2D eigenvalue weighted by Crippen LogP contribution is 2.24. The molecule has 7 atom stereocenters. The lowest BCUT2D eigenvalue weighted by molar-refractivity contribution is -0.302. The van der Waals surface area contributed by atoms with Gasteiger partial charge in [0.1, 0.15) is 24.4 Å². The first-order valence-electron chi connectivity index (χ1n) is 32.7. The number of allylic oxidation sites excluding steroid dienone is 6. The molecule has 75 heavy (non-hydrogen) atoms. The monoisotopic (exact) mass is 1060 g/mol. The number of aliphatic hydroxyl groups excluding tert-OH is 5. The largest absolute Gasteiger partial charge is 0.394 e. The Morgan fingerprint density at radius 1 is 0.453 bits per heavy atom. The summed E-state index contributed by atoms with van der Waals surface area (Å²) in [4.78, 5) is 13.1. The molecular weight excluding hydrogens is 935 g/mol. The van der Waals surface area contributed by atoms with Crippen LogP contribution in [0.5, 0.6) is 0 Å². The van der Waals surface area contributed by atoms with Crippen LogP contribution >= 0.6 is 0 Å². The van der Waals surface area contributed by atoms with Gasteiger partial charge in [0.25, 0.3) is 0 Å². The molecule has 442 valence electrons. The molecule has 0 spiro atoms. The van der Waals surface area contributed by atoms with Crippen LogP contribution in [0.3, 0.4) is 0 Å². The summed E-state index contributed by atoms with van der Waals surface area (Å²) >= 11 is 0. The topological polar surface area (TPSA) is 149 Å². The molecule has 1 aliphatic rings. The second-order valence-electron chi connectivity index (χ2n) is 22.9. The molecule has 6 N–H and O–H groups in total. The quantitative estimate of drug-likeness (QED) is 0.0261. The number of unbranched alkanes of at least 4 members (excludes halogenated alkanes) is 41. The second kappa shape index (κ2) is 55.7. The Morgan fingerprint density at radius 3 is 1.19 bits per heavy atom. The van der Waals surface area contributed by atoms with Gasteiger partial charge in [-0.25, -0.2) is 0 Å². The summed E-state index contributed by atoms with van der Waals surface area (Å²) in [6, 6.07) is -0.728. The highest BCUT2D eigenvalue weighted by Gasteiger charge is 2.44. The van der Waals surface area contributed by atoms with Crippen molar-refractivity contribution < 1.29 is 39.8 Å². The predicted molar refractivity (Wildman–Crippen MR) is 318 cm³/mol. The van der Waals surface area contributed by atoms with E-state index < -0.39 is 49.5 Å². The van der Waals surface area contributed by atoms with Crippen molar-refractivity contribution in [2.45, 2.75) is 365 Å². The number of carbonyl (C=O) groups excluding carboxylic acids is 1. The molecule has 1 aliphatic heterocycles. The number of aliphatic hydroxyl groups is 5. The van der Waals surface area contributed by atoms with Gasteiger partial charge in [-0.1, -0.05) is 301 Å². The first-order valence-corrected chi connectivity index (χ1v) is 32.7. The van der Waals surface area contributed by atoms with E-state index >= 15 is 0 Å². The third-order valence-electron chi connectivity index (χ3n) is 15.7. The van der Waals surface area contributed by atoms with Crippen LogP contribution in [0.15, 0.2) is 36.5 Å². The highest BCUT2D eigenvalue weighted by atomic mass is 16.7. The zero-order chi connectivity index (χ0) is 54.3. The molecule has 0 bridgehead atoms.